The molecule has 21 heavy (non-hydrogen) atoms. The van der Waals surface area contributed by atoms with Crippen molar-refractivity contribution in [2.75, 3.05) is 0 Å². The van der Waals surface area contributed by atoms with E-state index in [0.717, 1.165) is 17.7 Å². The normalized spacial score (nSPS) is 11.5. The quantitative estimate of drug-likeness (QED) is 0.554. The Kier molecular flexibility index (Phi) is 4.15. The molecule has 4 heteroatoms. The van der Waals surface area contributed by atoms with Crippen LogP contribution in [-0.4, -0.2) is 5.78 Å². The lowest BCUT2D eigenvalue weighted by Crippen LogP contribution is -2.17. The van der Waals surface area contributed by atoms with E-state index in [2.05, 4.69) is 0 Å². The molecular weight excluding hydrogens is 294 g/mol. The molecule has 0 amide bonds. The summed E-state index contributed by atoms with van der Waals surface area (Å²) in [5.74, 6) is -2.57. The fourth-order valence-electron chi connectivity index (χ4n) is 2.18. The van der Waals surface area contributed by atoms with Crippen molar-refractivity contribution in [2.45, 2.75) is 26.2 Å². The summed E-state index contributed by atoms with van der Waals surface area (Å²) in [5, 5.41) is -0.0948. The van der Waals surface area contributed by atoms with Crippen LogP contribution in [0.5, 0.6) is 0 Å². The molecule has 0 heterocycles. The smallest absolute Gasteiger partial charge is 0.194 e. The first-order valence-corrected chi connectivity index (χ1v) is 6.88. The summed E-state index contributed by atoms with van der Waals surface area (Å²) in [6.07, 6.45) is 0. The Morgan fingerprint density at radius 2 is 1.57 bits per heavy atom. The van der Waals surface area contributed by atoms with Crippen LogP contribution in [0.2, 0.25) is 5.02 Å². The lowest BCUT2D eigenvalue weighted by Gasteiger charge is -2.22. The third-order valence-corrected chi connectivity index (χ3v) is 3.55. The molecule has 0 saturated heterocycles. The van der Waals surface area contributed by atoms with Gasteiger partial charge in [0, 0.05) is 11.1 Å². The SMILES string of the molecule is CC(C)(C)c1ccccc1C(=O)c1cc(F)c(F)cc1Cl. The minimum atomic E-state index is -1.09. The third-order valence-electron chi connectivity index (χ3n) is 3.23. The van der Waals surface area contributed by atoms with E-state index >= 15 is 0 Å². The highest BCUT2D eigenvalue weighted by Crippen LogP contribution is 2.29. The van der Waals surface area contributed by atoms with Crippen molar-refractivity contribution in [1.29, 1.82) is 0 Å². The average Bonchev–Trinajstić information content (AvgIpc) is 2.41. The molecule has 0 N–H and O–H groups in total. The summed E-state index contributed by atoms with van der Waals surface area (Å²) in [6.45, 7) is 5.93. The summed E-state index contributed by atoms with van der Waals surface area (Å²) in [7, 11) is 0. The lowest BCUT2D eigenvalue weighted by atomic mass is 9.82. The minimum absolute atomic E-state index is 0.0349. The van der Waals surface area contributed by atoms with Crippen LogP contribution in [0.3, 0.4) is 0 Å². The number of benzene rings is 2. The zero-order chi connectivity index (χ0) is 15.8. The van der Waals surface area contributed by atoms with Crippen molar-refractivity contribution >= 4 is 17.4 Å². The van der Waals surface area contributed by atoms with E-state index < -0.39 is 17.4 Å². The van der Waals surface area contributed by atoms with Gasteiger partial charge in [-0.25, -0.2) is 8.78 Å². The maximum Gasteiger partial charge on any atom is 0.194 e. The molecular formula is C17H15ClF2O. The second kappa shape index (κ2) is 5.57. The van der Waals surface area contributed by atoms with Crippen LogP contribution in [-0.2, 0) is 5.41 Å². The van der Waals surface area contributed by atoms with Gasteiger partial charge in [0.25, 0.3) is 0 Å². The van der Waals surface area contributed by atoms with Crippen LogP contribution in [0.25, 0.3) is 0 Å². The fourth-order valence-corrected chi connectivity index (χ4v) is 2.41. The molecule has 110 valence electrons. The van der Waals surface area contributed by atoms with Crippen molar-refractivity contribution in [1.82, 2.24) is 0 Å². The van der Waals surface area contributed by atoms with Gasteiger partial charge < -0.3 is 0 Å². The molecule has 0 atom stereocenters. The van der Waals surface area contributed by atoms with Crippen molar-refractivity contribution < 1.29 is 13.6 Å². The lowest BCUT2D eigenvalue weighted by molar-refractivity contribution is 0.103. The number of ketones is 1. The summed E-state index contributed by atoms with van der Waals surface area (Å²) in [5.41, 5.74) is 0.984. The fraction of sp³-hybridized carbons (Fsp3) is 0.235. The Morgan fingerprint density at radius 1 is 1.00 bits per heavy atom. The Hall–Kier alpha value is -1.74. The number of hydrogen-bond donors (Lipinski definition) is 0. The monoisotopic (exact) mass is 308 g/mol. The van der Waals surface area contributed by atoms with E-state index in [0.29, 0.717) is 5.56 Å². The molecule has 0 saturated carbocycles. The van der Waals surface area contributed by atoms with E-state index in [1.54, 1.807) is 12.1 Å². The van der Waals surface area contributed by atoms with Crippen molar-refractivity contribution in [3.63, 3.8) is 0 Å². The summed E-state index contributed by atoms with van der Waals surface area (Å²) in [4.78, 5) is 12.6. The number of halogens is 3. The van der Waals surface area contributed by atoms with Gasteiger partial charge in [0.15, 0.2) is 17.4 Å². The Labute approximate surface area is 127 Å². The van der Waals surface area contributed by atoms with Gasteiger partial charge >= 0.3 is 0 Å². The van der Waals surface area contributed by atoms with Crippen LogP contribution in [0.4, 0.5) is 8.78 Å². The van der Waals surface area contributed by atoms with Gasteiger partial charge in [-0.15, -0.1) is 0 Å². The van der Waals surface area contributed by atoms with E-state index in [1.165, 1.54) is 0 Å². The molecule has 2 rings (SSSR count). The van der Waals surface area contributed by atoms with Gasteiger partial charge in [0.2, 0.25) is 0 Å². The van der Waals surface area contributed by atoms with E-state index in [9.17, 15) is 13.6 Å². The van der Waals surface area contributed by atoms with Crippen LogP contribution < -0.4 is 0 Å². The Balaban J connectivity index is 2.59. The molecule has 0 aliphatic rings. The molecule has 0 radical (unpaired) electrons. The van der Waals surface area contributed by atoms with Gasteiger partial charge in [0.05, 0.1) is 5.02 Å². The number of carbonyl (C=O) groups excluding carboxylic acids is 1. The first kappa shape index (κ1) is 15.6. The van der Waals surface area contributed by atoms with Gasteiger partial charge in [-0.2, -0.15) is 0 Å². The molecule has 2 aromatic carbocycles. The zero-order valence-corrected chi connectivity index (χ0v) is 12.8. The van der Waals surface area contributed by atoms with Crippen LogP contribution in [0.1, 0.15) is 42.3 Å². The summed E-state index contributed by atoms with van der Waals surface area (Å²) in [6, 6.07) is 8.76. The maximum absolute atomic E-state index is 13.4. The van der Waals surface area contributed by atoms with Gasteiger partial charge in [-0.05, 0) is 23.1 Å². The number of rotatable bonds is 2. The molecule has 2 aromatic rings. The van der Waals surface area contributed by atoms with Crippen LogP contribution in [0, 0.1) is 11.6 Å². The number of carbonyl (C=O) groups is 1. The zero-order valence-electron chi connectivity index (χ0n) is 12.0. The predicted molar refractivity (Wildman–Crippen MR) is 79.9 cm³/mol. The van der Waals surface area contributed by atoms with Crippen molar-refractivity contribution in [2.24, 2.45) is 0 Å². The van der Waals surface area contributed by atoms with Crippen molar-refractivity contribution in [3.8, 4) is 0 Å². The highest BCUT2D eigenvalue weighted by molar-refractivity contribution is 6.35. The van der Waals surface area contributed by atoms with Gasteiger partial charge in [-0.3, -0.25) is 4.79 Å². The molecule has 1 nitrogen and oxygen atoms in total. The number of hydrogen-bond acceptors (Lipinski definition) is 1. The van der Waals surface area contributed by atoms with E-state index in [4.69, 9.17) is 11.6 Å². The third kappa shape index (κ3) is 3.13. The second-order valence-electron chi connectivity index (χ2n) is 5.87. The second-order valence-corrected chi connectivity index (χ2v) is 6.28. The molecule has 0 spiro atoms. The Bertz CT molecular complexity index is 702. The molecule has 0 unspecified atom stereocenters. The largest absolute Gasteiger partial charge is 0.289 e. The van der Waals surface area contributed by atoms with Crippen LogP contribution >= 0.6 is 11.6 Å². The first-order valence-electron chi connectivity index (χ1n) is 6.50. The maximum atomic E-state index is 13.4. The molecule has 0 fully saturated rings. The summed E-state index contributed by atoms with van der Waals surface area (Å²) < 4.78 is 26.5. The van der Waals surface area contributed by atoms with Gasteiger partial charge in [-0.1, -0.05) is 56.6 Å². The van der Waals surface area contributed by atoms with E-state index in [1.807, 2.05) is 32.9 Å². The Morgan fingerprint density at radius 3 is 2.19 bits per heavy atom. The summed E-state index contributed by atoms with van der Waals surface area (Å²) >= 11 is 5.89. The van der Waals surface area contributed by atoms with Gasteiger partial charge in [0.1, 0.15) is 0 Å². The standard InChI is InChI=1S/C17H15ClF2O/c1-17(2,3)12-7-5-4-6-10(12)16(21)11-8-14(19)15(20)9-13(11)18/h4-9H,1-3H3. The molecule has 0 aliphatic heterocycles. The molecule has 0 bridgehead atoms. The molecule has 0 aliphatic carbocycles. The van der Waals surface area contributed by atoms with E-state index in [-0.39, 0.29) is 16.0 Å². The minimum Gasteiger partial charge on any atom is -0.289 e. The highest BCUT2D eigenvalue weighted by atomic mass is 35.5. The van der Waals surface area contributed by atoms with Crippen LogP contribution in [0.15, 0.2) is 36.4 Å². The highest BCUT2D eigenvalue weighted by Gasteiger charge is 2.24. The average molecular weight is 309 g/mol. The predicted octanol–water partition coefficient (Wildman–Crippen LogP) is 5.15. The van der Waals surface area contributed by atoms with Crippen molar-refractivity contribution in [3.05, 3.63) is 69.7 Å². The topological polar surface area (TPSA) is 17.1 Å². The molecule has 0 aromatic heterocycles. The first-order chi connectivity index (χ1) is 9.71.